The lowest BCUT2D eigenvalue weighted by Gasteiger charge is -2.04. The van der Waals surface area contributed by atoms with E-state index in [4.69, 9.17) is 16.3 Å². The number of carbonyl (C=O) groups excluding carboxylic acids is 1. The molecular weight excluding hydrogens is 319 g/mol. The maximum atomic E-state index is 13.9. The third-order valence-electron chi connectivity index (χ3n) is 3.41. The quantitative estimate of drug-likeness (QED) is 0.675. The zero-order valence-electron chi connectivity index (χ0n) is 12.2. The SMILES string of the molecule is COc1ccc(-c2nn(-c3ccccc3)c(Cl)c2C=O)cc1F. The van der Waals surface area contributed by atoms with Gasteiger partial charge < -0.3 is 4.74 Å². The Bertz CT molecular complexity index is 863. The molecule has 116 valence electrons. The molecule has 0 aliphatic carbocycles. The smallest absolute Gasteiger partial charge is 0.165 e. The number of benzene rings is 2. The summed E-state index contributed by atoms with van der Waals surface area (Å²) in [7, 11) is 1.38. The molecule has 1 aromatic heterocycles. The average molecular weight is 331 g/mol. The number of hydrogen-bond donors (Lipinski definition) is 0. The van der Waals surface area contributed by atoms with Crippen molar-refractivity contribution in [3.8, 4) is 22.7 Å². The van der Waals surface area contributed by atoms with Gasteiger partial charge in [0.25, 0.3) is 0 Å². The Hall–Kier alpha value is -2.66. The number of hydrogen-bond acceptors (Lipinski definition) is 3. The van der Waals surface area contributed by atoms with Crippen LogP contribution in [0.1, 0.15) is 10.4 Å². The molecule has 0 unspecified atom stereocenters. The zero-order chi connectivity index (χ0) is 16.4. The van der Waals surface area contributed by atoms with Crippen LogP contribution in [-0.2, 0) is 0 Å². The summed E-state index contributed by atoms with van der Waals surface area (Å²) in [6.45, 7) is 0. The van der Waals surface area contributed by atoms with Gasteiger partial charge in [0.15, 0.2) is 17.9 Å². The molecule has 4 nitrogen and oxygen atoms in total. The summed E-state index contributed by atoms with van der Waals surface area (Å²) in [6.07, 6.45) is 0.617. The van der Waals surface area contributed by atoms with Crippen molar-refractivity contribution in [1.29, 1.82) is 0 Å². The monoisotopic (exact) mass is 330 g/mol. The molecule has 23 heavy (non-hydrogen) atoms. The first-order valence-corrected chi connectivity index (χ1v) is 7.16. The van der Waals surface area contributed by atoms with E-state index < -0.39 is 5.82 Å². The number of ether oxygens (including phenoxy) is 1. The van der Waals surface area contributed by atoms with E-state index in [1.807, 2.05) is 30.3 Å². The molecule has 0 spiro atoms. The van der Waals surface area contributed by atoms with Crippen LogP contribution in [0.2, 0.25) is 5.15 Å². The van der Waals surface area contributed by atoms with Crippen LogP contribution >= 0.6 is 11.6 Å². The van der Waals surface area contributed by atoms with Crippen LogP contribution in [0.25, 0.3) is 16.9 Å². The van der Waals surface area contributed by atoms with Gasteiger partial charge in [0.05, 0.1) is 18.4 Å². The predicted molar refractivity (Wildman–Crippen MR) is 85.9 cm³/mol. The summed E-state index contributed by atoms with van der Waals surface area (Å²) in [5.41, 5.74) is 1.68. The van der Waals surface area contributed by atoms with Crippen LogP contribution in [0.15, 0.2) is 48.5 Å². The fourth-order valence-electron chi connectivity index (χ4n) is 2.28. The Kier molecular flexibility index (Phi) is 4.12. The van der Waals surface area contributed by atoms with Crippen molar-refractivity contribution < 1.29 is 13.9 Å². The number of methoxy groups -OCH3 is 1. The average Bonchev–Trinajstić information content (AvgIpc) is 2.92. The maximum absolute atomic E-state index is 13.9. The number of aldehydes is 1. The molecule has 6 heteroatoms. The molecule has 0 fully saturated rings. The molecule has 0 atom stereocenters. The number of carbonyl (C=O) groups is 1. The molecule has 0 bridgehead atoms. The Morgan fingerprint density at radius 2 is 1.96 bits per heavy atom. The first-order valence-electron chi connectivity index (χ1n) is 6.78. The molecule has 0 aliphatic heterocycles. The van der Waals surface area contributed by atoms with Gasteiger partial charge in [-0.1, -0.05) is 29.8 Å². The summed E-state index contributed by atoms with van der Waals surface area (Å²) in [4.78, 5) is 11.4. The summed E-state index contributed by atoms with van der Waals surface area (Å²) >= 11 is 6.26. The topological polar surface area (TPSA) is 44.1 Å². The summed E-state index contributed by atoms with van der Waals surface area (Å²) in [5.74, 6) is -0.415. The second-order valence-electron chi connectivity index (χ2n) is 4.77. The number of rotatable bonds is 4. The Balaban J connectivity index is 2.17. The van der Waals surface area contributed by atoms with Crippen molar-refractivity contribution >= 4 is 17.9 Å². The lowest BCUT2D eigenvalue weighted by atomic mass is 10.1. The molecule has 0 N–H and O–H groups in total. The van der Waals surface area contributed by atoms with Crippen molar-refractivity contribution in [3.05, 3.63) is 65.1 Å². The van der Waals surface area contributed by atoms with Crippen LogP contribution in [0.3, 0.4) is 0 Å². The van der Waals surface area contributed by atoms with E-state index >= 15 is 0 Å². The first kappa shape index (κ1) is 15.2. The number of nitrogens with zero attached hydrogens (tertiary/aromatic N) is 2. The van der Waals surface area contributed by atoms with Crippen molar-refractivity contribution in [2.45, 2.75) is 0 Å². The molecule has 0 amide bonds. The van der Waals surface area contributed by atoms with Gasteiger partial charge >= 0.3 is 0 Å². The van der Waals surface area contributed by atoms with Crippen molar-refractivity contribution in [2.75, 3.05) is 7.11 Å². The third-order valence-corrected chi connectivity index (χ3v) is 3.77. The van der Waals surface area contributed by atoms with Crippen LogP contribution in [-0.4, -0.2) is 23.2 Å². The third kappa shape index (κ3) is 2.71. The minimum absolute atomic E-state index is 0.120. The minimum Gasteiger partial charge on any atom is -0.494 e. The fourth-order valence-corrected chi connectivity index (χ4v) is 2.55. The normalized spacial score (nSPS) is 10.6. The zero-order valence-corrected chi connectivity index (χ0v) is 12.9. The van der Waals surface area contributed by atoms with Gasteiger partial charge in [0, 0.05) is 5.56 Å². The molecule has 0 saturated heterocycles. The van der Waals surface area contributed by atoms with Crippen molar-refractivity contribution in [2.24, 2.45) is 0 Å². The van der Waals surface area contributed by atoms with Gasteiger partial charge in [-0.25, -0.2) is 9.07 Å². The molecule has 0 aliphatic rings. The van der Waals surface area contributed by atoms with Gasteiger partial charge in [-0.05, 0) is 30.3 Å². The van der Waals surface area contributed by atoms with Gasteiger partial charge in [0.2, 0.25) is 0 Å². The lowest BCUT2D eigenvalue weighted by molar-refractivity contribution is 0.112. The van der Waals surface area contributed by atoms with E-state index in [-0.39, 0.29) is 16.5 Å². The van der Waals surface area contributed by atoms with Crippen molar-refractivity contribution in [3.63, 3.8) is 0 Å². The second kappa shape index (κ2) is 6.22. The Morgan fingerprint density at radius 3 is 2.57 bits per heavy atom. The summed E-state index contributed by atoms with van der Waals surface area (Å²) in [5, 5.41) is 4.54. The molecule has 2 aromatic carbocycles. The van der Waals surface area contributed by atoms with E-state index in [0.29, 0.717) is 23.2 Å². The Morgan fingerprint density at radius 1 is 1.22 bits per heavy atom. The van der Waals surface area contributed by atoms with E-state index in [2.05, 4.69) is 5.10 Å². The standard InChI is InChI=1S/C17H12ClFN2O2/c1-23-15-8-7-11(9-14(15)19)16-13(10-22)17(18)21(20-16)12-5-3-2-4-6-12/h2-10H,1H3. The Labute approximate surface area is 137 Å². The highest BCUT2D eigenvalue weighted by molar-refractivity contribution is 6.32. The van der Waals surface area contributed by atoms with Gasteiger partial charge in [-0.15, -0.1) is 0 Å². The number of para-hydroxylation sites is 1. The van der Waals surface area contributed by atoms with E-state index in [9.17, 15) is 9.18 Å². The molecule has 3 aromatic rings. The predicted octanol–water partition coefficient (Wildman–Crippen LogP) is 4.15. The highest BCUT2D eigenvalue weighted by atomic mass is 35.5. The number of halogens is 2. The minimum atomic E-state index is -0.535. The largest absolute Gasteiger partial charge is 0.494 e. The van der Waals surface area contributed by atoms with E-state index in [1.165, 1.54) is 23.9 Å². The lowest BCUT2D eigenvalue weighted by Crippen LogP contribution is -1.96. The van der Waals surface area contributed by atoms with Crippen LogP contribution in [0, 0.1) is 5.82 Å². The van der Waals surface area contributed by atoms with Gasteiger partial charge in [0.1, 0.15) is 10.8 Å². The molecular formula is C17H12ClFN2O2. The molecule has 0 radical (unpaired) electrons. The van der Waals surface area contributed by atoms with Crippen molar-refractivity contribution in [1.82, 2.24) is 9.78 Å². The van der Waals surface area contributed by atoms with Crippen LogP contribution in [0.5, 0.6) is 5.75 Å². The van der Waals surface area contributed by atoms with Gasteiger partial charge in [-0.3, -0.25) is 4.79 Å². The van der Waals surface area contributed by atoms with E-state index in [1.54, 1.807) is 6.07 Å². The summed E-state index contributed by atoms with van der Waals surface area (Å²) < 4.78 is 20.3. The maximum Gasteiger partial charge on any atom is 0.165 e. The van der Waals surface area contributed by atoms with Crippen LogP contribution < -0.4 is 4.74 Å². The fraction of sp³-hybridized carbons (Fsp3) is 0.0588. The molecule has 0 saturated carbocycles. The highest BCUT2D eigenvalue weighted by Crippen LogP contribution is 2.31. The summed E-state index contributed by atoms with van der Waals surface area (Å²) in [6, 6.07) is 13.5. The van der Waals surface area contributed by atoms with E-state index in [0.717, 1.165) is 0 Å². The van der Waals surface area contributed by atoms with Crippen LogP contribution in [0.4, 0.5) is 4.39 Å². The van der Waals surface area contributed by atoms with Gasteiger partial charge in [-0.2, -0.15) is 5.10 Å². The molecule has 3 rings (SSSR count). The second-order valence-corrected chi connectivity index (χ2v) is 5.13. The number of aromatic nitrogens is 2. The first-order chi connectivity index (χ1) is 11.2. The molecule has 1 heterocycles. The highest BCUT2D eigenvalue weighted by Gasteiger charge is 2.19.